The second-order valence-electron chi connectivity index (χ2n) is 8.67. The highest BCUT2D eigenvalue weighted by molar-refractivity contribution is 5.84. The van der Waals surface area contributed by atoms with Gasteiger partial charge in [0.1, 0.15) is 5.78 Å². The number of aliphatic hydroxyl groups excluding tert-OH is 1. The maximum absolute atomic E-state index is 13.0. The van der Waals surface area contributed by atoms with Crippen LogP contribution in [0.3, 0.4) is 0 Å². The lowest BCUT2D eigenvalue weighted by Gasteiger charge is -2.36. The first-order valence-corrected chi connectivity index (χ1v) is 9.42. The van der Waals surface area contributed by atoms with Gasteiger partial charge in [0.05, 0.1) is 12.7 Å². The van der Waals surface area contributed by atoms with Gasteiger partial charge in [-0.25, -0.2) is 0 Å². The third-order valence-corrected chi connectivity index (χ3v) is 6.84. The van der Waals surface area contributed by atoms with Gasteiger partial charge in [-0.1, -0.05) is 44.4 Å². The Kier molecular flexibility index (Phi) is 4.78. The number of carbonyl (C=O) groups is 1. The number of ketones is 1. The van der Waals surface area contributed by atoms with Crippen LogP contribution in [-0.4, -0.2) is 30.7 Å². The van der Waals surface area contributed by atoms with Crippen LogP contribution >= 0.6 is 0 Å². The summed E-state index contributed by atoms with van der Waals surface area (Å²) in [6.07, 6.45) is 4.09. The zero-order valence-electron chi connectivity index (χ0n) is 15.8. The van der Waals surface area contributed by atoms with Gasteiger partial charge in [0.25, 0.3) is 0 Å². The van der Waals surface area contributed by atoms with Gasteiger partial charge in [0, 0.05) is 19.4 Å². The van der Waals surface area contributed by atoms with Crippen LogP contribution in [-0.2, 0) is 9.53 Å². The molecule has 0 aromatic rings. The van der Waals surface area contributed by atoms with Gasteiger partial charge in [0.15, 0.2) is 0 Å². The molecule has 3 heteroatoms. The van der Waals surface area contributed by atoms with E-state index in [2.05, 4.69) is 27.7 Å². The SMILES string of the molecule is COCC1=C2C[C@@]3(C)CCC(C(C)C)=C3CC(=O)[C@H](C)[C@@H]2C[C@H]1O. The standard InChI is InChI=1S/C21H32O3/c1-12(2)14-6-7-21(4)10-16-15(8-20(23)17(16)11-24-5)13(3)19(22)9-18(14)21/h12-13,15,20,23H,6-11H2,1-5H3/t13-,15+,20-,21-/m1/s1. The second-order valence-corrected chi connectivity index (χ2v) is 8.67. The summed E-state index contributed by atoms with van der Waals surface area (Å²) in [5, 5.41) is 10.5. The molecule has 1 fully saturated rings. The van der Waals surface area contributed by atoms with E-state index in [0.717, 1.165) is 24.8 Å². The zero-order valence-corrected chi connectivity index (χ0v) is 15.8. The summed E-state index contributed by atoms with van der Waals surface area (Å²) >= 11 is 0. The number of carbonyl (C=O) groups excluding carboxylic acids is 1. The molecule has 3 aliphatic rings. The highest BCUT2D eigenvalue weighted by Crippen LogP contribution is 2.55. The van der Waals surface area contributed by atoms with Crippen molar-refractivity contribution in [3.05, 3.63) is 22.3 Å². The number of hydrogen-bond acceptors (Lipinski definition) is 3. The molecule has 0 unspecified atom stereocenters. The molecule has 24 heavy (non-hydrogen) atoms. The third-order valence-electron chi connectivity index (χ3n) is 6.84. The van der Waals surface area contributed by atoms with E-state index in [1.807, 2.05) is 0 Å². The fraction of sp³-hybridized carbons (Fsp3) is 0.762. The van der Waals surface area contributed by atoms with E-state index < -0.39 is 6.10 Å². The van der Waals surface area contributed by atoms with E-state index >= 15 is 0 Å². The van der Waals surface area contributed by atoms with Crippen LogP contribution in [0.15, 0.2) is 22.3 Å². The first-order valence-electron chi connectivity index (χ1n) is 9.42. The molecule has 1 N–H and O–H groups in total. The Morgan fingerprint density at radius 2 is 2.08 bits per heavy atom. The monoisotopic (exact) mass is 332 g/mol. The predicted octanol–water partition coefficient (Wildman–Crippen LogP) is 4.06. The Hall–Kier alpha value is -0.930. The molecule has 0 saturated heterocycles. The van der Waals surface area contributed by atoms with E-state index in [1.165, 1.54) is 16.7 Å². The summed E-state index contributed by atoms with van der Waals surface area (Å²) in [5.74, 6) is 1.06. The molecule has 0 amide bonds. The molecule has 0 aliphatic heterocycles. The van der Waals surface area contributed by atoms with Gasteiger partial charge < -0.3 is 9.84 Å². The van der Waals surface area contributed by atoms with E-state index in [9.17, 15) is 9.90 Å². The maximum atomic E-state index is 13.0. The molecule has 134 valence electrons. The van der Waals surface area contributed by atoms with Crippen LogP contribution in [0.4, 0.5) is 0 Å². The van der Waals surface area contributed by atoms with Gasteiger partial charge in [-0.05, 0) is 48.5 Å². The number of fused-ring (bicyclic) bond motifs is 2. The smallest absolute Gasteiger partial charge is 0.140 e. The van der Waals surface area contributed by atoms with Crippen molar-refractivity contribution in [2.75, 3.05) is 13.7 Å². The van der Waals surface area contributed by atoms with Crippen LogP contribution in [0, 0.1) is 23.2 Å². The lowest BCUT2D eigenvalue weighted by atomic mass is 9.67. The lowest BCUT2D eigenvalue weighted by molar-refractivity contribution is -0.123. The summed E-state index contributed by atoms with van der Waals surface area (Å²) in [4.78, 5) is 13.0. The Morgan fingerprint density at radius 1 is 1.38 bits per heavy atom. The zero-order chi connectivity index (χ0) is 17.6. The molecule has 0 radical (unpaired) electrons. The van der Waals surface area contributed by atoms with Crippen molar-refractivity contribution in [3.63, 3.8) is 0 Å². The number of Topliss-reactive ketones (excluding diaryl/α,β-unsaturated/α-hetero) is 1. The normalized spacial score (nSPS) is 37.0. The average molecular weight is 332 g/mol. The minimum absolute atomic E-state index is 0.00457. The van der Waals surface area contributed by atoms with Crippen LogP contribution in [0.1, 0.15) is 59.8 Å². The van der Waals surface area contributed by atoms with E-state index in [1.54, 1.807) is 7.11 Å². The Labute approximate surface area is 146 Å². The fourth-order valence-corrected chi connectivity index (χ4v) is 5.31. The fourth-order valence-electron chi connectivity index (χ4n) is 5.31. The first-order chi connectivity index (χ1) is 11.3. The largest absolute Gasteiger partial charge is 0.389 e. The van der Waals surface area contributed by atoms with Crippen molar-refractivity contribution in [2.24, 2.45) is 23.2 Å². The number of rotatable bonds is 3. The van der Waals surface area contributed by atoms with Crippen molar-refractivity contribution in [2.45, 2.75) is 65.9 Å². The lowest BCUT2D eigenvalue weighted by Crippen LogP contribution is -2.30. The molecule has 3 aliphatic carbocycles. The van der Waals surface area contributed by atoms with E-state index in [0.29, 0.717) is 31.1 Å². The molecule has 0 bridgehead atoms. The van der Waals surface area contributed by atoms with E-state index in [-0.39, 0.29) is 17.3 Å². The third kappa shape index (κ3) is 2.80. The molecule has 0 spiro atoms. The number of aliphatic hydroxyl groups is 1. The summed E-state index contributed by atoms with van der Waals surface area (Å²) in [6, 6.07) is 0. The van der Waals surface area contributed by atoms with Crippen LogP contribution in [0.25, 0.3) is 0 Å². The molecule has 0 aromatic carbocycles. The van der Waals surface area contributed by atoms with Crippen molar-refractivity contribution in [1.82, 2.24) is 0 Å². The van der Waals surface area contributed by atoms with Crippen molar-refractivity contribution >= 4 is 5.78 Å². The quantitative estimate of drug-likeness (QED) is 0.793. The van der Waals surface area contributed by atoms with Gasteiger partial charge in [0.2, 0.25) is 0 Å². The Morgan fingerprint density at radius 3 is 2.71 bits per heavy atom. The highest BCUT2D eigenvalue weighted by atomic mass is 16.5. The Bertz CT molecular complexity index is 598. The van der Waals surface area contributed by atoms with Crippen molar-refractivity contribution in [3.8, 4) is 0 Å². The van der Waals surface area contributed by atoms with Crippen LogP contribution in [0.5, 0.6) is 0 Å². The number of ether oxygens (including phenoxy) is 1. The topological polar surface area (TPSA) is 46.5 Å². The number of allylic oxidation sites excluding steroid dienone is 3. The molecule has 0 heterocycles. The summed E-state index contributed by atoms with van der Waals surface area (Å²) in [6.45, 7) is 9.37. The Balaban J connectivity index is 2.09. The second kappa shape index (κ2) is 6.42. The van der Waals surface area contributed by atoms with E-state index in [4.69, 9.17) is 4.74 Å². The molecule has 0 aromatic heterocycles. The van der Waals surface area contributed by atoms with Crippen LogP contribution in [0.2, 0.25) is 0 Å². The molecule has 1 saturated carbocycles. The van der Waals surface area contributed by atoms with Gasteiger partial charge >= 0.3 is 0 Å². The molecular formula is C21H32O3. The molecule has 3 rings (SSSR count). The van der Waals surface area contributed by atoms with Crippen molar-refractivity contribution < 1.29 is 14.6 Å². The predicted molar refractivity (Wildman–Crippen MR) is 95.6 cm³/mol. The van der Waals surface area contributed by atoms with Crippen LogP contribution < -0.4 is 0 Å². The van der Waals surface area contributed by atoms with Gasteiger partial charge in [-0.15, -0.1) is 0 Å². The summed E-state index contributed by atoms with van der Waals surface area (Å²) in [7, 11) is 1.69. The van der Waals surface area contributed by atoms with Crippen molar-refractivity contribution in [1.29, 1.82) is 0 Å². The molecule has 3 nitrogen and oxygen atoms in total. The maximum Gasteiger partial charge on any atom is 0.140 e. The number of hydrogen-bond donors (Lipinski definition) is 1. The summed E-state index contributed by atoms with van der Waals surface area (Å²) in [5.41, 5.74) is 5.34. The highest BCUT2D eigenvalue weighted by Gasteiger charge is 2.47. The molecular weight excluding hydrogens is 300 g/mol. The first kappa shape index (κ1) is 17.9. The van der Waals surface area contributed by atoms with Gasteiger partial charge in [-0.3, -0.25) is 4.79 Å². The number of methoxy groups -OCH3 is 1. The van der Waals surface area contributed by atoms with Gasteiger partial charge in [-0.2, -0.15) is 0 Å². The average Bonchev–Trinajstić information content (AvgIpc) is 2.98. The minimum Gasteiger partial charge on any atom is -0.389 e. The summed E-state index contributed by atoms with van der Waals surface area (Å²) < 4.78 is 5.37. The molecule has 4 atom stereocenters. The minimum atomic E-state index is -0.444.